The molecule has 2 fully saturated rings. The summed E-state index contributed by atoms with van der Waals surface area (Å²) in [5.41, 5.74) is 1.32. The number of carbonyl (C=O) groups excluding carboxylic acids is 3. The summed E-state index contributed by atoms with van der Waals surface area (Å²) in [6.07, 6.45) is 10.9. The number of benzene rings is 1. The van der Waals surface area contributed by atoms with E-state index in [4.69, 9.17) is 0 Å². The number of amides is 3. The standard InChI is InChI=1S/C12H18N2O4.C7H8.3C2H6.C2H2/c15-10(13-6-2-1-3-7-13)4-5-11(16)14-8-9-18-12(14)17;1-7-5-3-2-4-6-7;4*1-2/h1-9H2;2-6H,1H3;3*1-2H3;1-2H. The third kappa shape index (κ3) is 16.5. The first-order valence-corrected chi connectivity index (χ1v) is 12.2. The molecule has 188 valence electrons. The van der Waals surface area contributed by atoms with Crippen molar-refractivity contribution in [2.24, 2.45) is 0 Å². The fourth-order valence-corrected chi connectivity index (χ4v) is 2.80. The third-order valence-electron chi connectivity index (χ3n) is 4.26. The fourth-order valence-electron chi connectivity index (χ4n) is 2.80. The Labute approximate surface area is 202 Å². The molecule has 0 aliphatic carbocycles. The van der Waals surface area contributed by atoms with Crippen molar-refractivity contribution in [1.82, 2.24) is 9.80 Å². The van der Waals surface area contributed by atoms with Crippen LogP contribution in [0.4, 0.5) is 4.79 Å². The molecule has 2 aliphatic rings. The number of rotatable bonds is 3. The van der Waals surface area contributed by atoms with E-state index in [0.717, 1.165) is 30.8 Å². The predicted molar refractivity (Wildman–Crippen MR) is 138 cm³/mol. The molecule has 0 N–H and O–H groups in total. The van der Waals surface area contributed by atoms with Gasteiger partial charge in [-0.25, -0.2) is 9.69 Å². The molecule has 0 saturated carbocycles. The Morgan fingerprint density at radius 1 is 0.818 bits per heavy atom. The van der Waals surface area contributed by atoms with Crippen molar-refractivity contribution in [3.8, 4) is 12.8 Å². The SMILES string of the molecule is C#C.CC.CC.CC.Cc1ccccc1.O=C(CCC(=O)N1CCOC1=O)N1CCCCC1. The highest BCUT2D eigenvalue weighted by Gasteiger charge is 2.28. The van der Waals surface area contributed by atoms with Crippen molar-refractivity contribution in [1.29, 1.82) is 0 Å². The highest BCUT2D eigenvalue weighted by atomic mass is 16.6. The van der Waals surface area contributed by atoms with E-state index >= 15 is 0 Å². The molecule has 0 bridgehead atoms. The molecule has 1 aromatic rings. The molecule has 0 radical (unpaired) electrons. The number of terminal acetylenes is 1. The fraction of sp³-hybridized carbons (Fsp3) is 0.593. The van der Waals surface area contributed by atoms with Crippen LogP contribution >= 0.6 is 0 Å². The Kier molecular flexibility index (Phi) is 26.8. The monoisotopic (exact) mass is 462 g/mol. The number of hydrogen-bond donors (Lipinski definition) is 0. The van der Waals surface area contributed by atoms with Gasteiger partial charge in [-0.1, -0.05) is 77.4 Å². The van der Waals surface area contributed by atoms with Crippen LogP contribution in [0.5, 0.6) is 0 Å². The number of likely N-dealkylation sites (tertiary alicyclic amines) is 1. The van der Waals surface area contributed by atoms with E-state index in [0.29, 0.717) is 6.54 Å². The van der Waals surface area contributed by atoms with Gasteiger partial charge in [0, 0.05) is 25.9 Å². The first-order chi connectivity index (χ1) is 16.1. The highest BCUT2D eigenvalue weighted by Crippen LogP contribution is 2.12. The summed E-state index contributed by atoms with van der Waals surface area (Å²) < 4.78 is 4.68. The maximum Gasteiger partial charge on any atom is 0.416 e. The number of aryl methyl sites for hydroxylation is 1. The molecule has 2 heterocycles. The summed E-state index contributed by atoms with van der Waals surface area (Å²) in [6, 6.07) is 10.3. The van der Waals surface area contributed by atoms with E-state index in [1.54, 1.807) is 4.90 Å². The lowest BCUT2D eigenvalue weighted by molar-refractivity contribution is -0.136. The van der Waals surface area contributed by atoms with E-state index in [2.05, 4.69) is 36.6 Å². The molecule has 0 atom stereocenters. The number of nitrogens with zero attached hydrogens (tertiary/aromatic N) is 2. The lowest BCUT2D eigenvalue weighted by Crippen LogP contribution is -2.37. The average molecular weight is 463 g/mol. The van der Waals surface area contributed by atoms with Crippen molar-refractivity contribution in [3.63, 3.8) is 0 Å². The minimum Gasteiger partial charge on any atom is -0.447 e. The van der Waals surface area contributed by atoms with Crippen molar-refractivity contribution < 1.29 is 19.1 Å². The first-order valence-electron chi connectivity index (χ1n) is 12.2. The molecule has 0 unspecified atom stereocenters. The Morgan fingerprint density at radius 3 is 1.70 bits per heavy atom. The van der Waals surface area contributed by atoms with Crippen LogP contribution in [-0.4, -0.2) is 53.9 Å². The van der Waals surface area contributed by atoms with Crippen LogP contribution in [0.3, 0.4) is 0 Å². The summed E-state index contributed by atoms with van der Waals surface area (Å²) in [6.45, 7) is 16.2. The molecule has 3 rings (SSSR count). The molecular weight excluding hydrogens is 416 g/mol. The van der Waals surface area contributed by atoms with E-state index < -0.39 is 6.09 Å². The maximum absolute atomic E-state index is 11.8. The van der Waals surface area contributed by atoms with Gasteiger partial charge in [0.25, 0.3) is 0 Å². The minimum absolute atomic E-state index is 0.00983. The number of piperidine rings is 1. The second-order valence-electron chi connectivity index (χ2n) is 6.26. The molecule has 3 amide bonds. The summed E-state index contributed by atoms with van der Waals surface area (Å²) in [5, 5.41) is 0. The second-order valence-corrected chi connectivity index (χ2v) is 6.26. The van der Waals surface area contributed by atoms with Gasteiger partial charge >= 0.3 is 6.09 Å². The molecule has 6 heteroatoms. The highest BCUT2D eigenvalue weighted by molar-refractivity contribution is 5.94. The van der Waals surface area contributed by atoms with Gasteiger partial charge in [0.2, 0.25) is 11.8 Å². The maximum atomic E-state index is 11.8. The lowest BCUT2D eigenvalue weighted by atomic mass is 10.1. The van der Waals surface area contributed by atoms with E-state index in [-0.39, 0.29) is 31.3 Å². The van der Waals surface area contributed by atoms with Gasteiger partial charge in [-0.05, 0) is 26.2 Å². The Balaban J connectivity index is -0.000000499. The zero-order chi connectivity index (χ0) is 26.1. The number of cyclic esters (lactones) is 1. The Hall–Kier alpha value is -2.81. The topological polar surface area (TPSA) is 66.9 Å². The van der Waals surface area contributed by atoms with Crippen molar-refractivity contribution in [3.05, 3.63) is 35.9 Å². The van der Waals surface area contributed by atoms with Gasteiger partial charge in [0.15, 0.2) is 0 Å². The van der Waals surface area contributed by atoms with Crippen LogP contribution in [0.15, 0.2) is 30.3 Å². The first kappa shape index (κ1) is 34.8. The quantitative estimate of drug-likeness (QED) is 0.511. The zero-order valence-electron chi connectivity index (χ0n) is 21.9. The lowest BCUT2D eigenvalue weighted by Gasteiger charge is -2.26. The third-order valence-corrected chi connectivity index (χ3v) is 4.26. The second kappa shape index (κ2) is 25.5. The minimum atomic E-state index is -0.592. The molecule has 33 heavy (non-hydrogen) atoms. The number of imide groups is 1. The summed E-state index contributed by atoms with van der Waals surface area (Å²) in [4.78, 5) is 37.6. The largest absolute Gasteiger partial charge is 0.447 e. The van der Waals surface area contributed by atoms with Gasteiger partial charge in [-0.2, -0.15) is 0 Å². The van der Waals surface area contributed by atoms with Crippen LogP contribution in [0.1, 0.15) is 79.2 Å². The predicted octanol–water partition coefficient (Wildman–Crippen LogP) is 6.08. The zero-order valence-corrected chi connectivity index (χ0v) is 21.9. The number of carbonyl (C=O) groups is 3. The Bertz CT molecular complexity index is 624. The molecule has 0 spiro atoms. The smallest absolute Gasteiger partial charge is 0.416 e. The van der Waals surface area contributed by atoms with Crippen molar-refractivity contribution in [2.45, 2.75) is 80.6 Å². The molecule has 2 saturated heterocycles. The summed E-state index contributed by atoms with van der Waals surface area (Å²) >= 11 is 0. The molecule has 1 aromatic carbocycles. The van der Waals surface area contributed by atoms with Crippen molar-refractivity contribution >= 4 is 17.9 Å². The molecule has 2 aliphatic heterocycles. The van der Waals surface area contributed by atoms with Gasteiger partial charge in [-0.3, -0.25) is 9.59 Å². The van der Waals surface area contributed by atoms with Gasteiger partial charge in [-0.15, -0.1) is 12.8 Å². The van der Waals surface area contributed by atoms with Gasteiger partial charge in [0.1, 0.15) is 6.61 Å². The Morgan fingerprint density at radius 2 is 1.30 bits per heavy atom. The van der Waals surface area contributed by atoms with Crippen molar-refractivity contribution in [2.75, 3.05) is 26.2 Å². The van der Waals surface area contributed by atoms with Crippen LogP contribution < -0.4 is 0 Å². The van der Waals surface area contributed by atoms with E-state index in [9.17, 15) is 14.4 Å². The van der Waals surface area contributed by atoms with Crippen LogP contribution in [-0.2, 0) is 14.3 Å². The normalized spacial score (nSPS) is 13.3. The van der Waals surface area contributed by atoms with E-state index in [1.165, 1.54) is 12.0 Å². The molecule has 6 nitrogen and oxygen atoms in total. The number of hydrogen-bond acceptors (Lipinski definition) is 4. The summed E-state index contributed by atoms with van der Waals surface area (Å²) in [7, 11) is 0. The molecule has 0 aromatic heterocycles. The summed E-state index contributed by atoms with van der Waals surface area (Å²) in [5.74, 6) is -0.307. The van der Waals surface area contributed by atoms with Gasteiger partial charge < -0.3 is 9.64 Å². The van der Waals surface area contributed by atoms with Crippen LogP contribution in [0.2, 0.25) is 0 Å². The average Bonchev–Trinajstić information content (AvgIpc) is 3.34. The van der Waals surface area contributed by atoms with Gasteiger partial charge in [0.05, 0.1) is 6.54 Å². The van der Waals surface area contributed by atoms with E-state index in [1.807, 2.05) is 59.7 Å². The molecular formula is C27H46N2O4. The van der Waals surface area contributed by atoms with Crippen LogP contribution in [0, 0.1) is 19.8 Å². The van der Waals surface area contributed by atoms with Crippen LogP contribution in [0.25, 0.3) is 0 Å². The number of ether oxygens (including phenoxy) is 1.